The van der Waals surface area contributed by atoms with Crippen LogP contribution >= 0.6 is 0 Å². The van der Waals surface area contributed by atoms with Gasteiger partial charge in [0.1, 0.15) is 11.5 Å². The lowest BCUT2D eigenvalue weighted by molar-refractivity contribution is -0.124. The Labute approximate surface area is 159 Å². The number of carbonyl (C=O) groups is 2. The molecular weight excluding hydrogens is 344 g/mol. The summed E-state index contributed by atoms with van der Waals surface area (Å²) in [4.78, 5) is 23.6. The van der Waals surface area contributed by atoms with Gasteiger partial charge in [-0.2, -0.15) is 0 Å². The van der Waals surface area contributed by atoms with Crippen molar-refractivity contribution < 1.29 is 19.1 Å². The second-order valence-electron chi connectivity index (χ2n) is 6.05. The number of amides is 2. The highest BCUT2D eigenvalue weighted by Gasteiger charge is 2.06. The summed E-state index contributed by atoms with van der Waals surface area (Å²) >= 11 is 0. The predicted molar refractivity (Wildman–Crippen MR) is 104 cm³/mol. The molecular formula is C21H26N2O4. The SMILES string of the molecule is CCc1ccccc1OCC(=O)NCCNC(=O)COc1ccc(C)cc1. The first-order chi connectivity index (χ1) is 13.1. The van der Waals surface area contributed by atoms with Crippen LogP contribution in [0.3, 0.4) is 0 Å². The largest absolute Gasteiger partial charge is 0.484 e. The molecule has 2 rings (SSSR count). The highest BCUT2D eigenvalue weighted by atomic mass is 16.5. The van der Waals surface area contributed by atoms with Crippen LogP contribution in [0, 0.1) is 6.92 Å². The normalized spacial score (nSPS) is 10.1. The second kappa shape index (κ2) is 10.9. The summed E-state index contributed by atoms with van der Waals surface area (Å²) in [7, 11) is 0. The molecule has 2 amide bonds. The van der Waals surface area contributed by atoms with Crippen LogP contribution < -0.4 is 20.1 Å². The maximum absolute atomic E-state index is 11.8. The van der Waals surface area contributed by atoms with E-state index in [2.05, 4.69) is 10.6 Å². The molecule has 0 radical (unpaired) electrons. The van der Waals surface area contributed by atoms with Gasteiger partial charge in [0, 0.05) is 13.1 Å². The van der Waals surface area contributed by atoms with Gasteiger partial charge in [-0.05, 0) is 37.1 Å². The monoisotopic (exact) mass is 370 g/mol. The Morgan fingerprint density at radius 2 is 1.44 bits per heavy atom. The fourth-order valence-corrected chi connectivity index (χ4v) is 2.37. The number of carbonyl (C=O) groups excluding carboxylic acids is 2. The minimum absolute atomic E-state index is 0.0541. The Morgan fingerprint density at radius 1 is 0.852 bits per heavy atom. The van der Waals surface area contributed by atoms with Crippen molar-refractivity contribution >= 4 is 11.8 Å². The predicted octanol–water partition coefficient (Wildman–Crippen LogP) is 2.25. The molecule has 0 aliphatic rings. The number of nitrogens with one attached hydrogen (secondary N) is 2. The van der Waals surface area contributed by atoms with Gasteiger partial charge in [0.25, 0.3) is 11.8 Å². The number of hydrogen-bond donors (Lipinski definition) is 2. The third-order valence-corrected chi connectivity index (χ3v) is 3.87. The van der Waals surface area contributed by atoms with Gasteiger partial charge in [-0.3, -0.25) is 9.59 Å². The van der Waals surface area contributed by atoms with Gasteiger partial charge in [0.05, 0.1) is 0 Å². The summed E-state index contributed by atoms with van der Waals surface area (Å²) in [5, 5.41) is 5.40. The lowest BCUT2D eigenvalue weighted by Crippen LogP contribution is -2.38. The summed E-state index contributed by atoms with van der Waals surface area (Å²) in [6, 6.07) is 15.1. The zero-order chi connectivity index (χ0) is 19.5. The van der Waals surface area contributed by atoms with E-state index in [-0.39, 0.29) is 25.0 Å². The van der Waals surface area contributed by atoms with Crippen LogP contribution in [0.25, 0.3) is 0 Å². The quantitative estimate of drug-likeness (QED) is 0.629. The van der Waals surface area contributed by atoms with Crippen molar-refractivity contribution in [3.05, 3.63) is 59.7 Å². The molecule has 27 heavy (non-hydrogen) atoms. The van der Waals surface area contributed by atoms with Gasteiger partial charge in [0.2, 0.25) is 0 Å². The first-order valence-electron chi connectivity index (χ1n) is 9.02. The molecule has 0 aromatic heterocycles. The topological polar surface area (TPSA) is 76.7 Å². The Morgan fingerprint density at radius 3 is 2.07 bits per heavy atom. The van der Waals surface area contributed by atoms with E-state index < -0.39 is 0 Å². The van der Waals surface area contributed by atoms with Crippen molar-refractivity contribution in [2.24, 2.45) is 0 Å². The van der Waals surface area contributed by atoms with Gasteiger partial charge in [-0.25, -0.2) is 0 Å². The maximum Gasteiger partial charge on any atom is 0.258 e. The minimum atomic E-state index is -0.238. The van der Waals surface area contributed by atoms with Crippen molar-refractivity contribution in [1.82, 2.24) is 10.6 Å². The minimum Gasteiger partial charge on any atom is -0.484 e. The van der Waals surface area contributed by atoms with Crippen LogP contribution in [0.2, 0.25) is 0 Å². The Kier molecular flexibility index (Phi) is 8.16. The van der Waals surface area contributed by atoms with Gasteiger partial charge >= 0.3 is 0 Å². The molecule has 144 valence electrons. The molecule has 2 aromatic rings. The summed E-state index contributed by atoms with van der Waals surface area (Å²) in [5.74, 6) is 0.897. The van der Waals surface area contributed by atoms with E-state index >= 15 is 0 Å². The van der Waals surface area contributed by atoms with Gasteiger partial charge in [-0.15, -0.1) is 0 Å². The number of para-hydroxylation sites is 1. The average molecular weight is 370 g/mol. The number of rotatable bonds is 10. The Balaban J connectivity index is 1.58. The molecule has 6 heteroatoms. The zero-order valence-corrected chi connectivity index (χ0v) is 15.8. The molecule has 6 nitrogen and oxygen atoms in total. The van der Waals surface area contributed by atoms with Gasteiger partial charge in [0.15, 0.2) is 13.2 Å². The summed E-state index contributed by atoms with van der Waals surface area (Å²) in [6.45, 7) is 4.56. The van der Waals surface area contributed by atoms with Crippen molar-refractivity contribution in [1.29, 1.82) is 0 Å². The van der Waals surface area contributed by atoms with Crippen LogP contribution in [0.1, 0.15) is 18.1 Å². The van der Waals surface area contributed by atoms with E-state index in [1.54, 1.807) is 0 Å². The van der Waals surface area contributed by atoms with Crippen LogP contribution in [-0.4, -0.2) is 38.1 Å². The van der Waals surface area contributed by atoms with Crippen LogP contribution in [0.15, 0.2) is 48.5 Å². The average Bonchev–Trinajstić information content (AvgIpc) is 2.69. The maximum atomic E-state index is 11.8. The van der Waals surface area contributed by atoms with Crippen LogP contribution in [0.5, 0.6) is 11.5 Å². The van der Waals surface area contributed by atoms with E-state index in [4.69, 9.17) is 9.47 Å². The Bertz CT molecular complexity index is 744. The van der Waals surface area contributed by atoms with Crippen molar-refractivity contribution in [3.63, 3.8) is 0 Å². The molecule has 0 saturated heterocycles. The Hall–Kier alpha value is -3.02. The van der Waals surface area contributed by atoms with Crippen LogP contribution in [-0.2, 0) is 16.0 Å². The molecule has 0 aliphatic heterocycles. The molecule has 2 N–H and O–H groups in total. The van der Waals surface area contributed by atoms with Crippen molar-refractivity contribution in [3.8, 4) is 11.5 Å². The lowest BCUT2D eigenvalue weighted by Gasteiger charge is -2.11. The fraction of sp³-hybridized carbons (Fsp3) is 0.333. The molecule has 0 aliphatic carbocycles. The molecule has 0 heterocycles. The van der Waals surface area contributed by atoms with E-state index in [1.807, 2.05) is 62.4 Å². The van der Waals surface area contributed by atoms with Gasteiger partial charge < -0.3 is 20.1 Å². The second-order valence-corrected chi connectivity index (χ2v) is 6.05. The van der Waals surface area contributed by atoms with Crippen LogP contribution in [0.4, 0.5) is 0 Å². The van der Waals surface area contributed by atoms with E-state index in [0.717, 1.165) is 23.3 Å². The summed E-state index contributed by atoms with van der Waals surface area (Å²) < 4.78 is 10.9. The molecule has 0 atom stereocenters. The molecule has 0 fully saturated rings. The van der Waals surface area contributed by atoms with Crippen molar-refractivity contribution in [2.75, 3.05) is 26.3 Å². The third kappa shape index (κ3) is 7.40. The lowest BCUT2D eigenvalue weighted by atomic mass is 10.1. The van der Waals surface area contributed by atoms with Gasteiger partial charge in [-0.1, -0.05) is 42.8 Å². The molecule has 0 spiro atoms. The number of ether oxygens (including phenoxy) is 2. The smallest absolute Gasteiger partial charge is 0.258 e. The number of benzene rings is 2. The van der Waals surface area contributed by atoms with E-state index in [9.17, 15) is 9.59 Å². The molecule has 0 unspecified atom stereocenters. The fourth-order valence-electron chi connectivity index (χ4n) is 2.37. The molecule has 0 bridgehead atoms. The zero-order valence-electron chi connectivity index (χ0n) is 15.8. The number of hydrogen-bond acceptors (Lipinski definition) is 4. The standard InChI is InChI=1S/C21H26N2O4/c1-3-17-6-4-5-7-19(17)27-15-21(25)23-13-12-22-20(24)14-26-18-10-8-16(2)9-11-18/h4-11H,3,12-15H2,1-2H3,(H,22,24)(H,23,25). The molecule has 0 saturated carbocycles. The third-order valence-electron chi connectivity index (χ3n) is 3.87. The van der Waals surface area contributed by atoms with E-state index in [0.29, 0.717) is 18.8 Å². The van der Waals surface area contributed by atoms with E-state index in [1.165, 1.54) is 0 Å². The highest BCUT2D eigenvalue weighted by Crippen LogP contribution is 2.17. The molecule has 2 aromatic carbocycles. The number of aryl methyl sites for hydroxylation is 2. The van der Waals surface area contributed by atoms with Crippen molar-refractivity contribution in [2.45, 2.75) is 20.3 Å². The first kappa shape index (κ1) is 20.3. The highest BCUT2D eigenvalue weighted by molar-refractivity contribution is 5.78. The first-order valence-corrected chi connectivity index (χ1v) is 9.02. The summed E-state index contributed by atoms with van der Waals surface area (Å²) in [5.41, 5.74) is 2.19. The summed E-state index contributed by atoms with van der Waals surface area (Å²) in [6.07, 6.45) is 0.842.